The number of aryl methyl sites for hydroxylation is 1. The van der Waals surface area contributed by atoms with Gasteiger partial charge in [0.25, 0.3) is 0 Å². The van der Waals surface area contributed by atoms with E-state index >= 15 is 0 Å². The molecule has 0 bridgehead atoms. The predicted molar refractivity (Wildman–Crippen MR) is 79.4 cm³/mol. The van der Waals surface area contributed by atoms with Crippen molar-refractivity contribution in [1.82, 2.24) is 4.31 Å². The van der Waals surface area contributed by atoms with E-state index in [2.05, 4.69) is 13.8 Å². The second-order valence-electron chi connectivity index (χ2n) is 6.19. The molecule has 0 amide bonds. The van der Waals surface area contributed by atoms with Crippen LogP contribution in [-0.4, -0.2) is 25.8 Å². The molecule has 1 aliphatic rings. The maximum Gasteiger partial charge on any atom is 0.246 e. The van der Waals surface area contributed by atoms with E-state index in [1.165, 1.54) is 0 Å². The van der Waals surface area contributed by atoms with Crippen molar-refractivity contribution in [1.29, 1.82) is 0 Å². The summed E-state index contributed by atoms with van der Waals surface area (Å²) in [5.41, 5.74) is 0.205. The van der Waals surface area contributed by atoms with E-state index in [4.69, 9.17) is 16.0 Å². The van der Waals surface area contributed by atoms with Crippen molar-refractivity contribution >= 4 is 21.6 Å². The lowest BCUT2D eigenvalue weighted by Crippen LogP contribution is -2.32. The van der Waals surface area contributed by atoms with Crippen LogP contribution < -0.4 is 0 Å². The van der Waals surface area contributed by atoms with Gasteiger partial charge in [0.15, 0.2) is 0 Å². The smallest absolute Gasteiger partial charge is 0.246 e. The van der Waals surface area contributed by atoms with Gasteiger partial charge in [-0.3, -0.25) is 0 Å². The summed E-state index contributed by atoms with van der Waals surface area (Å²) >= 11 is 5.71. The Balaban J connectivity index is 2.28. The molecule has 2 heterocycles. The second-order valence-corrected chi connectivity index (χ2v) is 8.36. The van der Waals surface area contributed by atoms with Crippen molar-refractivity contribution < 1.29 is 12.8 Å². The van der Waals surface area contributed by atoms with E-state index in [1.807, 2.05) is 0 Å². The number of hydrogen-bond donors (Lipinski definition) is 0. The average molecular weight is 320 g/mol. The molecule has 1 aromatic rings. The van der Waals surface area contributed by atoms with E-state index in [1.54, 1.807) is 17.3 Å². The lowest BCUT2D eigenvalue weighted by Gasteiger charge is -2.22. The van der Waals surface area contributed by atoms with Crippen molar-refractivity contribution in [2.45, 2.75) is 50.8 Å². The van der Waals surface area contributed by atoms with Crippen molar-refractivity contribution in [3.8, 4) is 0 Å². The monoisotopic (exact) mass is 319 g/mol. The zero-order chi connectivity index (χ0) is 15.0. The minimum atomic E-state index is -3.47. The van der Waals surface area contributed by atoms with Gasteiger partial charge < -0.3 is 4.42 Å². The Morgan fingerprint density at radius 3 is 2.65 bits per heavy atom. The maximum absolute atomic E-state index is 12.7. The molecule has 1 saturated heterocycles. The molecular formula is C14H22ClNO3S. The van der Waals surface area contributed by atoms with Crippen LogP contribution in [0.5, 0.6) is 0 Å². The van der Waals surface area contributed by atoms with E-state index in [-0.39, 0.29) is 16.2 Å². The first kappa shape index (κ1) is 15.9. The Kier molecular flexibility index (Phi) is 4.52. The van der Waals surface area contributed by atoms with Crippen LogP contribution in [0.15, 0.2) is 15.4 Å². The van der Waals surface area contributed by atoms with Crippen LogP contribution in [-0.2, 0) is 15.9 Å². The Labute approximate surface area is 126 Å². The van der Waals surface area contributed by atoms with Crippen molar-refractivity contribution in [2.75, 3.05) is 13.1 Å². The highest BCUT2D eigenvalue weighted by molar-refractivity contribution is 7.89. The lowest BCUT2D eigenvalue weighted by atomic mass is 9.85. The molecule has 114 valence electrons. The zero-order valence-corrected chi connectivity index (χ0v) is 13.9. The van der Waals surface area contributed by atoms with Gasteiger partial charge in [-0.2, -0.15) is 4.31 Å². The molecule has 1 aliphatic heterocycles. The topological polar surface area (TPSA) is 50.5 Å². The Bertz CT molecular complexity index is 577. The summed E-state index contributed by atoms with van der Waals surface area (Å²) in [5, 5.41) is 0. The number of nitrogens with zero attached hydrogens (tertiary/aromatic N) is 1. The molecule has 1 aromatic heterocycles. The molecule has 0 unspecified atom stereocenters. The molecule has 6 heteroatoms. The number of hydrogen-bond acceptors (Lipinski definition) is 3. The number of furan rings is 1. The van der Waals surface area contributed by atoms with Crippen molar-refractivity contribution in [3.05, 3.63) is 17.6 Å². The fraction of sp³-hybridized carbons (Fsp3) is 0.714. The fourth-order valence-electron chi connectivity index (χ4n) is 2.62. The molecule has 4 nitrogen and oxygen atoms in total. The van der Waals surface area contributed by atoms with Crippen LogP contribution in [0.3, 0.4) is 0 Å². The maximum atomic E-state index is 12.7. The summed E-state index contributed by atoms with van der Waals surface area (Å²) in [5.74, 6) is 1.10. The fourth-order valence-corrected chi connectivity index (χ4v) is 4.42. The van der Waals surface area contributed by atoms with E-state index in [0.29, 0.717) is 24.6 Å². The number of rotatable bonds is 3. The Morgan fingerprint density at radius 2 is 2.05 bits per heavy atom. The lowest BCUT2D eigenvalue weighted by molar-refractivity contribution is 0.314. The van der Waals surface area contributed by atoms with Gasteiger partial charge in [0.05, 0.1) is 5.88 Å². The van der Waals surface area contributed by atoms with Crippen LogP contribution in [0.25, 0.3) is 0 Å². The predicted octanol–water partition coefficient (Wildman–Crippen LogP) is 3.53. The highest BCUT2D eigenvalue weighted by Crippen LogP contribution is 2.33. The Hall–Kier alpha value is -0.520. The van der Waals surface area contributed by atoms with E-state index < -0.39 is 10.0 Å². The SMILES string of the molecule is Cc1oc(CCl)cc1S(=O)(=O)N1CCCC(C)(C)CC1. The van der Waals surface area contributed by atoms with Gasteiger partial charge in [0.2, 0.25) is 10.0 Å². The van der Waals surface area contributed by atoms with E-state index in [0.717, 1.165) is 19.3 Å². The summed E-state index contributed by atoms with van der Waals surface area (Å²) in [6.45, 7) is 7.20. The largest absolute Gasteiger partial charge is 0.464 e. The van der Waals surface area contributed by atoms with Gasteiger partial charge in [-0.1, -0.05) is 13.8 Å². The van der Waals surface area contributed by atoms with Crippen LogP contribution in [0.4, 0.5) is 0 Å². The van der Waals surface area contributed by atoms with Crippen molar-refractivity contribution in [3.63, 3.8) is 0 Å². The van der Waals surface area contributed by atoms with Gasteiger partial charge in [-0.05, 0) is 31.6 Å². The quantitative estimate of drug-likeness (QED) is 0.801. The molecule has 0 aliphatic carbocycles. The summed E-state index contributed by atoms with van der Waals surface area (Å²) in [6, 6.07) is 1.55. The third kappa shape index (κ3) is 3.21. The summed E-state index contributed by atoms with van der Waals surface area (Å²) in [6.07, 6.45) is 2.83. The van der Waals surface area contributed by atoms with Gasteiger partial charge in [-0.25, -0.2) is 8.42 Å². The van der Waals surface area contributed by atoms with Gasteiger partial charge in [0.1, 0.15) is 16.4 Å². The normalized spacial score (nSPS) is 20.8. The minimum Gasteiger partial charge on any atom is -0.464 e. The van der Waals surface area contributed by atoms with E-state index in [9.17, 15) is 8.42 Å². The molecule has 2 rings (SSSR count). The van der Waals surface area contributed by atoms with Crippen LogP contribution in [0, 0.1) is 12.3 Å². The first-order valence-corrected chi connectivity index (χ1v) is 8.89. The second kappa shape index (κ2) is 5.70. The molecular weight excluding hydrogens is 298 g/mol. The first-order chi connectivity index (χ1) is 9.26. The minimum absolute atomic E-state index is 0.184. The molecule has 0 saturated carbocycles. The number of halogens is 1. The highest BCUT2D eigenvalue weighted by Gasteiger charge is 2.32. The van der Waals surface area contributed by atoms with Crippen LogP contribution in [0.2, 0.25) is 0 Å². The summed E-state index contributed by atoms with van der Waals surface area (Å²) in [7, 11) is -3.47. The van der Waals surface area contributed by atoms with Gasteiger partial charge >= 0.3 is 0 Å². The average Bonchev–Trinajstić information content (AvgIpc) is 2.64. The third-order valence-corrected chi connectivity index (χ3v) is 6.24. The highest BCUT2D eigenvalue weighted by atomic mass is 35.5. The van der Waals surface area contributed by atoms with Crippen LogP contribution >= 0.6 is 11.6 Å². The Morgan fingerprint density at radius 1 is 1.35 bits per heavy atom. The molecule has 0 atom stereocenters. The molecule has 0 N–H and O–H groups in total. The van der Waals surface area contributed by atoms with Crippen molar-refractivity contribution in [2.24, 2.45) is 5.41 Å². The molecule has 0 radical (unpaired) electrons. The summed E-state index contributed by atoms with van der Waals surface area (Å²) in [4.78, 5) is 0.257. The molecule has 1 fully saturated rings. The molecule has 0 spiro atoms. The third-order valence-electron chi connectivity index (χ3n) is 3.97. The first-order valence-electron chi connectivity index (χ1n) is 6.92. The van der Waals surface area contributed by atoms with Gasteiger partial charge in [-0.15, -0.1) is 11.6 Å². The number of alkyl halides is 1. The standard InChI is InChI=1S/C14H22ClNO3S/c1-11-13(9-12(10-15)19-11)20(17,18)16-7-4-5-14(2,3)6-8-16/h9H,4-8,10H2,1-3H3. The number of sulfonamides is 1. The zero-order valence-electron chi connectivity index (χ0n) is 12.3. The molecule has 0 aromatic carbocycles. The summed E-state index contributed by atoms with van der Waals surface area (Å²) < 4.78 is 32.4. The molecule has 20 heavy (non-hydrogen) atoms. The van der Waals surface area contributed by atoms with Gasteiger partial charge in [0, 0.05) is 19.2 Å². The van der Waals surface area contributed by atoms with Crippen LogP contribution in [0.1, 0.15) is 44.6 Å².